The van der Waals surface area contributed by atoms with Crippen LogP contribution in [-0.2, 0) is 15.8 Å². The Morgan fingerprint density at radius 1 is 1.35 bits per heavy atom. The molecule has 0 aliphatic carbocycles. The Hall–Kier alpha value is -1.77. The highest BCUT2D eigenvalue weighted by atomic mass is 32.2. The molecule has 5 nitrogen and oxygen atoms in total. The summed E-state index contributed by atoms with van der Waals surface area (Å²) in [4.78, 5) is 26.4. The second kappa shape index (κ2) is 8.19. The van der Waals surface area contributed by atoms with E-state index < -0.39 is 29.7 Å². The standard InChI is InChI=1S/C14H17F3N2O3S/c1-8(2)5-10(13(21)22)19-11(20)7-23-12-4-3-9(6-18-12)14(15,16)17/h3-4,6,8,10H,5,7H2,1-2H3,(H,19,20)(H,21,22). The maximum Gasteiger partial charge on any atom is 0.417 e. The number of alkyl halides is 3. The maximum absolute atomic E-state index is 12.4. The molecule has 23 heavy (non-hydrogen) atoms. The number of aromatic nitrogens is 1. The van der Waals surface area contributed by atoms with E-state index in [2.05, 4.69) is 10.3 Å². The number of amides is 1. The predicted octanol–water partition coefficient (Wildman–Crippen LogP) is 2.81. The van der Waals surface area contributed by atoms with Gasteiger partial charge in [-0.05, 0) is 24.5 Å². The molecule has 9 heteroatoms. The quantitative estimate of drug-likeness (QED) is 0.739. The SMILES string of the molecule is CC(C)CC(NC(=O)CSc1ccc(C(F)(F)F)cn1)C(=O)O. The van der Waals surface area contributed by atoms with Crippen molar-refractivity contribution in [2.75, 3.05) is 5.75 Å². The summed E-state index contributed by atoms with van der Waals surface area (Å²) >= 11 is 0.937. The van der Waals surface area contributed by atoms with Gasteiger partial charge in [0, 0.05) is 6.20 Å². The van der Waals surface area contributed by atoms with Crippen molar-refractivity contribution in [3.05, 3.63) is 23.9 Å². The van der Waals surface area contributed by atoms with Crippen molar-refractivity contribution in [1.82, 2.24) is 10.3 Å². The zero-order chi connectivity index (χ0) is 17.6. The van der Waals surface area contributed by atoms with Crippen LogP contribution in [-0.4, -0.2) is 33.8 Å². The first-order chi connectivity index (χ1) is 10.6. The van der Waals surface area contributed by atoms with Gasteiger partial charge in [-0.25, -0.2) is 9.78 Å². The van der Waals surface area contributed by atoms with Crippen LogP contribution in [0.3, 0.4) is 0 Å². The van der Waals surface area contributed by atoms with Crippen molar-refractivity contribution in [3.63, 3.8) is 0 Å². The molecule has 0 spiro atoms. The van der Waals surface area contributed by atoms with Gasteiger partial charge in [0.2, 0.25) is 5.91 Å². The van der Waals surface area contributed by atoms with E-state index in [1.807, 2.05) is 13.8 Å². The average molecular weight is 350 g/mol. The zero-order valence-corrected chi connectivity index (χ0v) is 13.4. The molecule has 1 aromatic rings. The molecule has 0 saturated heterocycles. The van der Waals surface area contributed by atoms with Gasteiger partial charge in [0.05, 0.1) is 16.3 Å². The Morgan fingerprint density at radius 3 is 2.43 bits per heavy atom. The molecule has 1 atom stereocenters. The number of carboxylic acid groups (broad SMARTS) is 1. The Labute approximate surface area is 135 Å². The zero-order valence-electron chi connectivity index (χ0n) is 12.6. The molecule has 1 heterocycles. The van der Waals surface area contributed by atoms with Crippen LogP contribution in [0.4, 0.5) is 13.2 Å². The molecule has 0 aromatic carbocycles. The van der Waals surface area contributed by atoms with Crippen molar-refractivity contribution >= 4 is 23.6 Å². The number of carbonyl (C=O) groups excluding carboxylic acids is 1. The minimum absolute atomic E-state index is 0.0978. The summed E-state index contributed by atoms with van der Waals surface area (Å²) in [7, 11) is 0. The summed E-state index contributed by atoms with van der Waals surface area (Å²) in [5, 5.41) is 11.7. The van der Waals surface area contributed by atoms with E-state index in [1.54, 1.807) is 0 Å². The average Bonchev–Trinajstić information content (AvgIpc) is 2.43. The highest BCUT2D eigenvalue weighted by molar-refractivity contribution is 7.99. The third-order valence-electron chi connectivity index (χ3n) is 2.76. The van der Waals surface area contributed by atoms with Gasteiger partial charge in [-0.15, -0.1) is 0 Å². The van der Waals surface area contributed by atoms with E-state index >= 15 is 0 Å². The number of nitrogens with one attached hydrogen (secondary N) is 1. The Bertz CT molecular complexity index is 547. The first kappa shape index (κ1) is 19.3. The van der Waals surface area contributed by atoms with E-state index in [0.717, 1.165) is 17.8 Å². The molecule has 1 amide bonds. The maximum atomic E-state index is 12.4. The molecule has 1 rings (SSSR count). The topological polar surface area (TPSA) is 79.3 Å². The van der Waals surface area contributed by atoms with Gasteiger partial charge in [-0.2, -0.15) is 13.2 Å². The van der Waals surface area contributed by atoms with Crippen LogP contribution in [0.15, 0.2) is 23.4 Å². The van der Waals surface area contributed by atoms with Crippen LogP contribution >= 0.6 is 11.8 Å². The normalized spacial score (nSPS) is 13.0. The van der Waals surface area contributed by atoms with Crippen molar-refractivity contribution in [2.45, 2.75) is 37.5 Å². The number of thioether (sulfide) groups is 1. The van der Waals surface area contributed by atoms with E-state index in [9.17, 15) is 22.8 Å². The Kier molecular flexibility index (Phi) is 6.86. The number of pyridine rings is 1. The van der Waals surface area contributed by atoms with E-state index in [0.29, 0.717) is 12.6 Å². The van der Waals surface area contributed by atoms with E-state index in [1.165, 1.54) is 6.07 Å². The van der Waals surface area contributed by atoms with Gasteiger partial charge in [-0.1, -0.05) is 25.6 Å². The summed E-state index contributed by atoms with van der Waals surface area (Å²) in [5.41, 5.74) is -0.867. The lowest BCUT2D eigenvalue weighted by molar-refractivity contribution is -0.142. The Balaban J connectivity index is 2.54. The molecule has 0 aliphatic rings. The monoisotopic (exact) mass is 350 g/mol. The highest BCUT2D eigenvalue weighted by Crippen LogP contribution is 2.29. The summed E-state index contributed by atoms with van der Waals surface area (Å²) in [6, 6.07) is 1.07. The number of hydrogen-bond donors (Lipinski definition) is 2. The first-order valence-corrected chi connectivity index (χ1v) is 7.76. The largest absolute Gasteiger partial charge is 0.480 e. The van der Waals surface area contributed by atoms with Crippen LogP contribution in [0.2, 0.25) is 0 Å². The van der Waals surface area contributed by atoms with Crippen LogP contribution in [0.25, 0.3) is 0 Å². The predicted molar refractivity (Wildman–Crippen MR) is 79.0 cm³/mol. The minimum Gasteiger partial charge on any atom is -0.480 e. The van der Waals surface area contributed by atoms with Crippen molar-refractivity contribution in [3.8, 4) is 0 Å². The summed E-state index contributed by atoms with van der Waals surface area (Å²) in [5.74, 6) is -1.66. The number of halogens is 3. The fraction of sp³-hybridized carbons (Fsp3) is 0.500. The molecule has 0 fully saturated rings. The van der Waals surface area contributed by atoms with E-state index in [4.69, 9.17) is 5.11 Å². The van der Waals surface area contributed by atoms with Gasteiger partial charge in [0.15, 0.2) is 0 Å². The second-order valence-corrected chi connectivity index (χ2v) is 6.26. The molecule has 1 aromatic heterocycles. The lowest BCUT2D eigenvalue weighted by Crippen LogP contribution is -2.42. The van der Waals surface area contributed by atoms with Crippen LogP contribution < -0.4 is 5.32 Å². The molecule has 128 valence electrons. The number of nitrogens with zero attached hydrogens (tertiary/aromatic N) is 1. The first-order valence-electron chi connectivity index (χ1n) is 6.77. The summed E-state index contributed by atoms with van der Waals surface area (Å²) in [6.45, 7) is 3.67. The lowest BCUT2D eigenvalue weighted by Gasteiger charge is -2.16. The van der Waals surface area contributed by atoms with Crippen LogP contribution in [0.5, 0.6) is 0 Å². The second-order valence-electron chi connectivity index (χ2n) is 5.26. The fourth-order valence-corrected chi connectivity index (χ4v) is 2.36. The third kappa shape index (κ3) is 6.89. The van der Waals surface area contributed by atoms with Gasteiger partial charge >= 0.3 is 12.1 Å². The third-order valence-corrected chi connectivity index (χ3v) is 3.70. The molecule has 0 bridgehead atoms. The number of aliphatic carboxylic acids is 1. The van der Waals surface area contributed by atoms with Gasteiger partial charge in [-0.3, -0.25) is 4.79 Å². The molecular weight excluding hydrogens is 333 g/mol. The van der Waals surface area contributed by atoms with Gasteiger partial charge in [0.1, 0.15) is 6.04 Å². The lowest BCUT2D eigenvalue weighted by atomic mass is 10.0. The summed E-state index contributed by atoms with van der Waals surface area (Å²) < 4.78 is 37.2. The highest BCUT2D eigenvalue weighted by Gasteiger charge is 2.30. The van der Waals surface area contributed by atoms with Crippen molar-refractivity contribution < 1.29 is 27.9 Å². The molecule has 1 unspecified atom stereocenters. The number of rotatable bonds is 7. The molecule has 0 saturated carbocycles. The molecular formula is C14H17F3N2O3S. The van der Waals surface area contributed by atoms with Crippen LogP contribution in [0, 0.1) is 5.92 Å². The molecule has 0 radical (unpaired) electrons. The fourth-order valence-electron chi connectivity index (χ4n) is 1.70. The summed E-state index contributed by atoms with van der Waals surface area (Å²) in [6.07, 6.45) is -3.47. The van der Waals surface area contributed by atoms with Gasteiger partial charge < -0.3 is 10.4 Å². The minimum atomic E-state index is -4.46. The number of hydrogen-bond acceptors (Lipinski definition) is 4. The molecule has 2 N–H and O–H groups in total. The number of carboxylic acids is 1. The Morgan fingerprint density at radius 2 is 2.00 bits per heavy atom. The van der Waals surface area contributed by atoms with Gasteiger partial charge in [0.25, 0.3) is 0 Å². The number of carbonyl (C=O) groups is 2. The van der Waals surface area contributed by atoms with Crippen LogP contribution in [0.1, 0.15) is 25.8 Å². The van der Waals surface area contributed by atoms with E-state index in [-0.39, 0.29) is 16.7 Å². The molecule has 0 aliphatic heterocycles. The van der Waals surface area contributed by atoms with Crippen molar-refractivity contribution in [2.24, 2.45) is 5.92 Å². The smallest absolute Gasteiger partial charge is 0.417 e. The van der Waals surface area contributed by atoms with Crippen molar-refractivity contribution in [1.29, 1.82) is 0 Å².